The fourth-order valence-electron chi connectivity index (χ4n) is 2.16. The molecular formula is C17H14BrFN4O3S. The van der Waals surface area contributed by atoms with Gasteiger partial charge in [-0.3, -0.25) is 10.7 Å². The van der Waals surface area contributed by atoms with Crippen LogP contribution in [-0.4, -0.2) is 32.2 Å². The van der Waals surface area contributed by atoms with Gasteiger partial charge in [-0.05, 0) is 50.0 Å². The number of nitrogens with zero attached hydrogens (tertiary/aromatic N) is 3. The number of hydroxylamine groups is 1. The van der Waals surface area contributed by atoms with Crippen LogP contribution in [0.5, 0.6) is 0 Å². The number of thioether (sulfide) groups is 1. The second-order valence-electron chi connectivity index (χ2n) is 5.33. The van der Waals surface area contributed by atoms with Crippen LogP contribution in [-0.2, 0) is 0 Å². The Hall–Kier alpha value is -2.27. The van der Waals surface area contributed by atoms with Gasteiger partial charge in [0.2, 0.25) is 0 Å². The molecule has 7 nitrogen and oxygen atoms in total. The van der Waals surface area contributed by atoms with Crippen LogP contribution in [0.25, 0.3) is 0 Å². The van der Waals surface area contributed by atoms with E-state index in [0.717, 1.165) is 5.56 Å². The molecule has 0 radical (unpaired) electrons. The van der Waals surface area contributed by atoms with Crippen LogP contribution >= 0.6 is 27.7 Å². The lowest BCUT2D eigenvalue weighted by molar-refractivity contribution is 0.204. The Morgan fingerprint density at radius 2 is 2.04 bits per heavy atom. The van der Waals surface area contributed by atoms with Crippen LogP contribution < -0.4 is 5.48 Å². The summed E-state index contributed by atoms with van der Waals surface area (Å²) >= 11 is 4.28. The van der Waals surface area contributed by atoms with E-state index in [1.54, 1.807) is 0 Å². The summed E-state index contributed by atoms with van der Waals surface area (Å²) in [5.74, 6) is -0.153. The molecule has 3 aromatic rings. The highest BCUT2D eigenvalue weighted by Crippen LogP contribution is 2.27. The lowest BCUT2D eigenvalue weighted by Crippen LogP contribution is -2.21. The molecule has 1 unspecified atom stereocenters. The van der Waals surface area contributed by atoms with Crippen molar-refractivity contribution in [2.75, 3.05) is 5.75 Å². The van der Waals surface area contributed by atoms with Gasteiger partial charge in [0.15, 0.2) is 16.6 Å². The third-order valence-corrected chi connectivity index (χ3v) is 5.13. The van der Waals surface area contributed by atoms with Crippen molar-refractivity contribution in [3.8, 4) is 0 Å². The minimum atomic E-state index is -0.712. The van der Waals surface area contributed by atoms with Crippen molar-refractivity contribution in [2.45, 2.75) is 11.1 Å². The van der Waals surface area contributed by atoms with Gasteiger partial charge in [-0.2, -0.15) is 0 Å². The summed E-state index contributed by atoms with van der Waals surface area (Å²) in [7, 11) is 0. The number of aliphatic hydroxyl groups excluding tert-OH is 1. The van der Waals surface area contributed by atoms with E-state index >= 15 is 0 Å². The quantitative estimate of drug-likeness (QED) is 0.225. The number of nitrogens with one attached hydrogen (secondary N) is 1. The van der Waals surface area contributed by atoms with Gasteiger partial charge in [0, 0.05) is 5.75 Å². The molecule has 3 rings (SSSR count). The lowest BCUT2D eigenvalue weighted by Gasteiger charge is -2.09. The molecule has 0 bridgehead atoms. The van der Waals surface area contributed by atoms with E-state index < -0.39 is 11.9 Å². The highest BCUT2D eigenvalue weighted by atomic mass is 79.9. The molecule has 1 atom stereocenters. The van der Waals surface area contributed by atoms with Crippen molar-refractivity contribution in [3.05, 3.63) is 70.1 Å². The first kappa shape index (κ1) is 19.5. The summed E-state index contributed by atoms with van der Waals surface area (Å²) in [4.78, 5) is 4.19. The monoisotopic (exact) mass is 452 g/mol. The predicted octanol–water partition coefficient (Wildman–Crippen LogP) is 3.85. The Labute approximate surface area is 166 Å². The van der Waals surface area contributed by atoms with Crippen LogP contribution in [0.2, 0.25) is 0 Å². The van der Waals surface area contributed by atoms with Gasteiger partial charge in [-0.1, -0.05) is 42.1 Å². The molecule has 0 aliphatic carbocycles. The van der Waals surface area contributed by atoms with E-state index in [2.05, 4.69) is 31.2 Å². The van der Waals surface area contributed by atoms with Crippen molar-refractivity contribution in [3.63, 3.8) is 0 Å². The maximum atomic E-state index is 13.3. The maximum absolute atomic E-state index is 13.3. The highest BCUT2D eigenvalue weighted by Gasteiger charge is 2.19. The van der Waals surface area contributed by atoms with Crippen LogP contribution in [0.4, 0.5) is 10.1 Å². The first-order valence-electron chi connectivity index (χ1n) is 7.71. The van der Waals surface area contributed by atoms with E-state index in [0.29, 0.717) is 16.5 Å². The van der Waals surface area contributed by atoms with E-state index in [9.17, 15) is 14.7 Å². The Kier molecular flexibility index (Phi) is 6.56. The van der Waals surface area contributed by atoms with E-state index in [-0.39, 0.29) is 16.0 Å². The molecule has 0 aliphatic rings. The first-order chi connectivity index (χ1) is 13.1. The molecule has 0 fully saturated rings. The van der Waals surface area contributed by atoms with Crippen LogP contribution in [0.1, 0.15) is 17.4 Å². The van der Waals surface area contributed by atoms with Crippen molar-refractivity contribution >= 4 is 39.2 Å². The first-order valence-corrected chi connectivity index (χ1v) is 9.49. The lowest BCUT2D eigenvalue weighted by atomic mass is 10.1. The summed E-state index contributed by atoms with van der Waals surface area (Å²) in [6.45, 7) is 0. The zero-order valence-electron chi connectivity index (χ0n) is 13.7. The molecule has 140 valence electrons. The number of benzene rings is 2. The van der Waals surface area contributed by atoms with Gasteiger partial charge in [0.1, 0.15) is 5.82 Å². The summed E-state index contributed by atoms with van der Waals surface area (Å²) in [5, 5.41) is 27.6. The highest BCUT2D eigenvalue weighted by molar-refractivity contribution is 9.10. The number of hydrogen-bond acceptors (Lipinski definition) is 7. The van der Waals surface area contributed by atoms with E-state index in [1.807, 2.05) is 35.8 Å². The van der Waals surface area contributed by atoms with Crippen molar-refractivity contribution < 1.29 is 19.3 Å². The Bertz CT molecular complexity index is 939. The average molecular weight is 453 g/mol. The zero-order chi connectivity index (χ0) is 19.2. The molecule has 0 amide bonds. The minimum Gasteiger partial charge on any atom is -0.388 e. The fraction of sp³-hybridized carbons (Fsp3) is 0.118. The van der Waals surface area contributed by atoms with Crippen LogP contribution in [0.15, 0.2) is 67.7 Å². The summed E-state index contributed by atoms with van der Waals surface area (Å²) in [6.07, 6.45) is -0.712. The van der Waals surface area contributed by atoms with Gasteiger partial charge in [-0.25, -0.2) is 14.0 Å². The molecule has 1 heterocycles. The maximum Gasteiger partial charge on any atom is 0.186 e. The summed E-state index contributed by atoms with van der Waals surface area (Å²) in [6, 6.07) is 13.3. The fourth-order valence-corrected chi connectivity index (χ4v) is 3.40. The third kappa shape index (κ3) is 4.92. The molecule has 3 N–H and O–H groups in total. The number of aliphatic hydroxyl groups is 1. The third-order valence-electron chi connectivity index (χ3n) is 3.49. The molecule has 10 heteroatoms. The summed E-state index contributed by atoms with van der Waals surface area (Å²) in [5.41, 5.74) is 3.27. The SMILES string of the molecule is ONC(=Nc1ccc(F)c(Br)c1)c1nonc1SCC(O)c1ccccc1. The number of amidine groups is 1. The number of aliphatic imine (C=N–C) groups is 1. The van der Waals surface area contributed by atoms with Gasteiger partial charge < -0.3 is 5.11 Å². The zero-order valence-corrected chi connectivity index (χ0v) is 16.1. The van der Waals surface area contributed by atoms with Gasteiger partial charge in [0.05, 0.1) is 16.3 Å². The molecule has 0 saturated heterocycles. The molecular weight excluding hydrogens is 439 g/mol. The second-order valence-corrected chi connectivity index (χ2v) is 7.19. The van der Waals surface area contributed by atoms with Crippen molar-refractivity contribution in [1.82, 2.24) is 15.8 Å². The largest absolute Gasteiger partial charge is 0.388 e. The van der Waals surface area contributed by atoms with Crippen LogP contribution in [0.3, 0.4) is 0 Å². The molecule has 0 spiro atoms. The Balaban J connectivity index is 1.77. The number of hydrogen-bond donors (Lipinski definition) is 3. The Morgan fingerprint density at radius 3 is 2.74 bits per heavy atom. The number of halogens is 2. The summed E-state index contributed by atoms with van der Waals surface area (Å²) < 4.78 is 18.3. The van der Waals surface area contributed by atoms with Gasteiger partial charge >= 0.3 is 0 Å². The van der Waals surface area contributed by atoms with Crippen LogP contribution in [0, 0.1) is 5.82 Å². The molecule has 1 aromatic heterocycles. The molecule has 0 aliphatic heterocycles. The number of aromatic nitrogens is 2. The normalized spacial score (nSPS) is 12.8. The van der Waals surface area contributed by atoms with E-state index in [1.165, 1.54) is 30.0 Å². The van der Waals surface area contributed by atoms with E-state index in [4.69, 9.17) is 4.63 Å². The molecule has 2 aromatic carbocycles. The smallest absolute Gasteiger partial charge is 0.186 e. The average Bonchev–Trinajstić information content (AvgIpc) is 3.16. The Morgan fingerprint density at radius 1 is 1.26 bits per heavy atom. The molecule has 0 saturated carbocycles. The van der Waals surface area contributed by atoms with Gasteiger partial charge in [-0.15, -0.1) is 0 Å². The second kappa shape index (κ2) is 9.09. The van der Waals surface area contributed by atoms with Crippen molar-refractivity contribution in [1.29, 1.82) is 0 Å². The van der Waals surface area contributed by atoms with Gasteiger partial charge in [0.25, 0.3) is 0 Å². The van der Waals surface area contributed by atoms with Crippen molar-refractivity contribution in [2.24, 2.45) is 4.99 Å². The topological polar surface area (TPSA) is 104 Å². The number of rotatable bonds is 6. The molecule has 27 heavy (non-hydrogen) atoms. The minimum absolute atomic E-state index is 0.0218. The predicted molar refractivity (Wildman–Crippen MR) is 102 cm³/mol. The standard InChI is InChI=1S/C17H14BrFN4O3S/c18-12-8-11(6-7-13(12)19)20-16(21-25)15-17(23-26-22-15)27-9-14(24)10-4-2-1-3-5-10/h1-8,14,24-25H,9H2,(H,20,21).